The molecule has 136 valence electrons. The number of hydrogen-bond donors (Lipinski definition) is 1. The maximum atomic E-state index is 13.4. The Morgan fingerprint density at radius 3 is 2.92 bits per heavy atom. The average Bonchev–Trinajstić information content (AvgIpc) is 2.66. The molecule has 0 saturated carbocycles. The molecule has 3 heterocycles. The van der Waals surface area contributed by atoms with Gasteiger partial charge in [-0.2, -0.15) is 0 Å². The van der Waals surface area contributed by atoms with Crippen LogP contribution in [0.3, 0.4) is 0 Å². The third kappa shape index (κ3) is 3.46. The van der Waals surface area contributed by atoms with Gasteiger partial charge in [0.2, 0.25) is 0 Å². The van der Waals surface area contributed by atoms with E-state index in [0.29, 0.717) is 24.5 Å². The SMILES string of the molecule is Cc1cc(CN2CCc3nc(C4=NCCCC4)[nH]c(=O)c3C2)ccc1F. The maximum Gasteiger partial charge on any atom is 0.255 e. The van der Waals surface area contributed by atoms with E-state index in [-0.39, 0.29) is 11.4 Å². The summed E-state index contributed by atoms with van der Waals surface area (Å²) < 4.78 is 13.4. The maximum absolute atomic E-state index is 13.4. The molecule has 0 fully saturated rings. The van der Waals surface area contributed by atoms with Crippen molar-refractivity contribution in [2.75, 3.05) is 13.1 Å². The van der Waals surface area contributed by atoms with Gasteiger partial charge in [-0.05, 0) is 43.4 Å². The third-order valence-corrected chi connectivity index (χ3v) is 5.17. The lowest BCUT2D eigenvalue weighted by atomic mass is 10.0. The lowest BCUT2D eigenvalue weighted by molar-refractivity contribution is 0.241. The molecule has 2 aliphatic rings. The van der Waals surface area contributed by atoms with E-state index in [9.17, 15) is 9.18 Å². The van der Waals surface area contributed by atoms with Crippen LogP contribution in [0.4, 0.5) is 4.39 Å². The highest BCUT2D eigenvalue weighted by atomic mass is 19.1. The molecule has 0 unspecified atom stereocenters. The summed E-state index contributed by atoms with van der Waals surface area (Å²) in [6, 6.07) is 5.19. The number of H-pyrrole nitrogens is 1. The van der Waals surface area contributed by atoms with Gasteiger partial charge in [-0.15, -0.1) is 0 Å². The first-order chi connectivity index (χ1) is 12.6. The van der Waals surface area contributed by atoms with Crippen LogP contribution in [0.1, 0.15) is 47.5 Å². The second kappa shape index (κ2) is 7.11. The average molecular weight is 354 g/mol. The molecule has 0 aliphatic carbocycles. The molecule has 26 heavy (non-hydrogen) atoms. The molecule has 1 N–H and O–H groups in total. The molecule has 5 nitrogen and oxygen atoms in total. The molecular weight excluding hydrogens is 331 g/mol. The van der Waals surface area contributed by atoms with Crippen LogP contribution in [0.2, 0.25) is 0 Å². The molecule has 1 aromatic carbocycles. The Morgan fingerprint density at radius 1 is 1.27 bits per heavy atom. The summed E-state index contributed by atoms with van der Waals surface area (Å²) in [6.07, 6.45) is 3.85. The number of rotatable bonds is 3. The Morgan fingerprint density at radius 2 is 2.15 bits per heavy atom. The Bertz CT molecular complexity index is 919. The predicted octanol–water partition coefficient (Wildman–Crippen LogP) is 2.75. The van der Waals surface area contributed by atoms with Gasteiger partial charge in [0.25, 0.3) is 5.56 Å². The number of nitrogens with one attached hydrogen (secondary N) is 1. The summed E-state index contributed by atoms with van der Waals surface area (Å²) in [7, 11) is 0. The minimum Gasteiger partial charge on any atom is -0.305 e. The van der Waals surface area contributed by atoms with E-state index in [4.69, 9.17) is 4.98 Å². The van der Waals surface area contributed by atoms with Crippen LogP contribution >= 0.6 is 0 Å². The lowest BCUT2D eigenvalue weighted by Gasteiger charge is -2.28. The number of fused-ring (bicyclic) bond motifs is 1. The van der Waals surface area contributed by atoms with Gasteiger partial charge in [0, 0.05) is 32.6 Å². The van der Waals surface area contributed by atoms with Gasteiger partial charge in [-0.25, -0.2) is 9.37 Å². The van der Waals surface area contributed by atoms with Crippen molar-refractivity contribution in [1.29, 1.82) is 0 Å². The fourth-order valence-corrected chi connectivity index (χ4v) is 3.71. The van der Waals surface area contributed by atoms with Crippen molar-refractivity contribution in [3.63, 3.8) is 0 Å². The van der Waals surface area contributed by atoms with Crippen LogP contribution in [0.25, 0.3) is 0 Å². The number of nitrogens with zero attached hydrogens (tertiary/aromatic N) is 3. The number of halogens is 1. The quantitative estimate of drug-likeness (QED) is 0.922. The zero-order chi connectivity index (χ0) is 18.1. The van der Waals surface area contributed by atoms with Crippen LogP contribution < -0.4 is 5.56 Å². The number of aromatic amines is 1. The van der Waals surface area contributed by atoms with Crippen molar-refractivity contribution in [1.82, 2.24) is 14.9 Å². The molecule has 0 atom stereocenters. The largest absolute Gasteiger partial charge is 0.305 e. The zero-order valence-electron chi connectivity index (χ0n) is 15.0. The van der Waals surface area contributed by atoms with Crippen molar-refractivity contribution >= 4 is 5.71 Å². The van der Waals surface area contributed by atoms with Crippen LogP contribution in [0.15, 0.2) is 28.0 Å². The van der Waals surface area contributed by atoms with E-state index in [1.54, 1.807) is 6.92 Å². The van der Waals surface area contributed by atoms with Gasteiger partial charge in [0.15, 0.2) is 5.82 Å². The van der Waals surface area contributed by atoms with Crippen molar-refractivity contribution < 1.29 is 4.39 Å². The fraction of sp³-hybridized carbons (Fsp3) is 0.450. The summed E-state index contributed by atoms with van der Waals surface area (Å²) in [5, 5.41) is 0. The van der Waals surface area contributed by atoms with Gasteiger partial charge >= 0.3 is 0 Å². The monoisotopic (exact) mass is 354 g/mol. The molecule has 4 rings (SSSR count). The zero-order valence-corrected chi connectivity index (χ0v) is 15.0. The van der Waals surface area contributed by atoms with Gasteiger partial charge in [0.05, 0.1) is 17.0 Å². The predicted molar refractivity (Wildman–Crippen MR) is 99.1 cm³/mol. The standard InChI is InChI=1S/C20H23FN4O/c1-13-10-14(5-6-16(13)21)11-25-9-7-17-15(12-25)20(26)24-19(23-17)18-4-2-3-8-22-18/h5-6,10H,2-4,7-9,11-12H2,1H3,(H,23,24,26). The highest BCUT2D eigenvalue weighted by Crippen LogP contribution is 2.19. The van der Waals surface area contributed by atoms with E-state index in [1.165, 1.54) is 6.07 Å². The minimum atomic E-state index is -0.184. The second-order valence-corrected chi connectivity index (χ2v) is 7.17. The first kappa shape index (κ1) is 17.1. The van der Waals surface area contributed by atoms with Gasteiger partial charge in [-0.3, -0.25) is 14.7 Å². The molecule has 0 bridgehead atoms. The van der Waals surface area contributed by atoms with E-state index >= 15 is 0 Å². The van der Waals surface area contributed by atoms with Crippen LogP contribution in [0, 0.1) is 12.7 Å². The van der Waals surface area contributed by atoms with E-state index in [2.05, 4.69) is 14.9 Å². The van der Waals surface area contributed by atoms with Crippen LogP contribution in [0.5, 0.6) is 0 Å². The van der Waals surface area contributed by atoms with Gasteiger partial charge < -0.3 is 4.98 Å². The van der Waals surface area contributed by atoms with Gasteiger partial charge in [0.1, 0.15) is 5.82 Å². The Balaban J connectivity index is 1.54. The molecule has 6 heteroatoms. The molecular formula is C20H23FN4O. The third-order valence-electron chi connectivity index (χ3n) is 5.17. The first-order valence-electron chi connectivity index (χ1n) is 9.23. The number of aromatic nitrogens is 2. The summed E-state index contributed by atoms with van der Waals surface area (Å²) >= 11 is 0. The molecule has 0 saturated heterocycles. The molecule has 0 radical (unpaired) electrons. The molecule has 2 aromatic rings. The number of aliphatic imine (C=N–C) groups is 1. The van der Waals surface area contributed by atoms with Gasteiger partial charge in [-0.1, -0.05) is 12.1 Å². The summed E-state index contributed by atoms with van der Waals surface area (Å²) in [5.74, 6) is 0.465. The highest BCUT2D eigenvalue weighted by molar-refractivity contribution is 5.97. The van der Waals surface area contributed by atoms with Crippen LogP contribution in [-0.4, -0.2) is 33.7 Å². The second-order valence-electron chi connectivity index (χ2n) is 7.17. The van der Waals surface area contributed by atoms with E-state index < -0.39 is 0 Å². The molecule has 0 amide bonds. The first-order valence-corrected chi connectivity index (χ1v) is 9.23. The Hall–Kier alpha value is -2.34. The Kier molecular flexibility index (Phi) is 4.68. The van der Waals surface area contributed by atoms with Crippen molar-refractivity contribution in [2.24, 2.45) is 4.99 Å². The number of hydrogen-bond acceptors (Lipinski definition) is 4. The number of benzene rings is 1. The normalized spacial score (nSPS) is 17.7. The lowest BCUT2D eigenvalue weighted by Crippen LogP contribution is -2.36. The summed E-state index contributed by atoms with van der Waals surface area (Å²) in [6.45, 7) is 4.70. The topological polar surface area (TPSA) is 61.4 Å². The van der Waals surface area contributed by atoms with Crippen molar-refractivity contribution in [3.8, 4) is 0 Å². The van der Waals surface area contributed by atoms with E-state index in [1.807, 2.05) is 12.1 Å². The Labute approximate surface area is 152 Å². The van der Waals surface area contributed by atoms with Crippen LogP contribution in [-0.2, 0) is 19.5 Å². The smallest absolute Gasteiger partial charge is 0.255 e. The van der Waals surface area contributed by atoms with Crippen molar-refractivity contribution in [3.05, 3.63) is 62.6 Å². The van der Waals surface area contributed by atoms with E-state index in [0.717, 1.165) is 61.3 Å². The molecule has 0 spiro atoms. The fourth-order valence-electron chi connectivity index (χ4n) is 3.71. The highest BCUT2D eigenvalue weighted by Gasteiger charge is 2.22. The van der Waals surface area contributed by atoms with Crippen molar-refractivity contribution in [2.45, 2.75) is 45.7 Å². The summed E-state index contributed by atoms with van der Waals surface area (Å²) in [5.41, 5.74) is 4.22. The molecule has 1 aromatic heterocycles. The minimum absolute atomic E-state index is 0.0572. The molecule has 2 aliphatic heterocycles. The number of aryl methyl sites for hydroxylation is 1. The summed E-state index contributed by atoms with van der Waals surface area (Å²) in [4.78, 5) is 27.0.